The van der Waals surface area contributed by atoms with Crippen LogP contribution in [0.15, 0.2) is 67.0 Å². The summed E-state index contributed by atoms with van der Waals surface area (Å²) in [6.45, 7) is 2.31. The lowest BCUT2D eigenvalue weighted by molar-refractivity contribution is -0.0632. The molecule has 1 fully saturated rings. The quantitative estimate of drug-likeness (QED) is 0.343. The molecule has 9 nitrogen and oxygen atoms in total. The minimum Gasteiger partial charge on any atom is -0.461 e. The van der Waals surface area contributed by atoms with Crippen LogP contribution in [0, 0.1) is 0 Å². The number of nitrogens with zero attached hydrogens (tertiary/aromatic N) is 2. The molecule has 1 unspecified atom stereocenters. The van der Waals surface area contributed by atoms with Gasteiger partial charge >= 0.3 is 6.61 Å². The van der Waals surface area contributed by atoms with Gasteiger partial charge in [-0.15, -0.1) is 0 Å². The van der Waals surface area contributed by atoms with Crippen molar-refractivity contribution < 1.29 is 36.2 Å². The highest BCUT2D eigenvalue weighted by atomic mass is 32.2. The van der Waals surface area contributed by atoms with Crippen molar-refractivity contribution in [2.75, 3.05) is 11.5 Å². The number of anilines is 2. The Hall–Kier alpha value is -3.77. The number of hydrogen-bond acceptors (Lipinski definition) is 8. The van der Waals surface area contributed by atoms with Crippen molar-refractivity contribution in [2.45, 2.75) is 57.8 Å². The highest BCUT2D eigenvalue weighted by molar-refractivity contribution is 7.91. The monoisotopic (exact) mass is 575 g/mol. The number of carbonyl (C=O) groups excluding carboxylic acids is 1. The normalized spacial score (nSPS) is 15.6. The molecule has 1 N–H and O–H groups in total. The van der Waals surface area contributed by atoms with Gasteiger partial charge in [-0.05, 0) is 75.2 Å². The molecular weight excluding hydrogens is 544 g/mol. The van der Waals surface area contributed by atoms with E-state index in [-0.39, 0.29) is 17.1 Å². The highest BCUT2D eigenvalue weighted by Gasteiger charge is 2.31. The Kier molecular flexibility index (Phi) is 8.89. The van der Waals surface area contributed by atoms with E-state index in [0.717, 1.165) is 12.0 Å². The Balaban J connectivity index is 1.67. The van der Waals surface area contributed by atoms with Gasteiger partial charge in [-0.1, -0.05) is 6.07 Å². The number of amides is 1. The Labute approximate surface area is 232 Å². The molecule has 4 rings (SSSR count). The van der Waals surface area contributed by atoms with E-state index < -0.39 is 33.6 Å². The molecular formula is C28H31F2N3O6S. The fourth-order valence-electron chi connectivity index (χ4n) is 3.87. The molecule has 3 aromatic rings. The van der Waals surface area contributed by atoms with Gasteiger partial charge in [-0.25, -0.2) is 13.1 Å². The van der Waals surface area contributed by atoms with E-state index in [0.29, 0.717) is 30.9 Å². The molecule has 1 amide bonds. The summed E-state index contributed by atoms with van der Waals surface area (Å²) < 4.78 is 68.1. The van der Waals surface area contributed by atoms with Crippen LogP contribution in [0.3, 0.4) is 0 Å². The van der Waals surface area contributed by atoms with E-state index in [1.807, 2.05) is 11.0 Å². The SMILES string of the molecule is CC(C)(C)S(=O)(=O)NC(=O)c1ccc(N(Cc2cccnc2)c2ccc(OC(F)F)c(OC3CCCO3)c2)cc1. The van der Waals surface area contributed by atoms with Crippen molar-refractivity contribution in [1.82, 2.24) is 9.71 Å². The maximum Gasteiger partial charge on any atom is 0.387 e. The van der Waals surface area contributed by atoms with Crippen LogP contribution in [0.25, 0.3) is 0 Å². The van der Waals surface area contributed by atoms with Crippen molar-refractivity contribution in [3.05, 3.63) is 78.1 Å². The van der Waals surface area contributed by atoms with Crippen LogP contribution in [-0.2, 0) is 21.3 Å². The van der Waals surface area contributed by atoms with Gasteiger partial charge in [0.1, 0.15) is 0 Å². The first-order chi connectivity index (χ1) is 18.9. The van der Waals surface area contributed by atoms with E-state index in [1.54, 1.807) is 42.7 Å². The van der Waals surface area contributed by atoms with Crippen LogP contribution in [0.1, 0.15) is 49.5 Å². The number of rotatable bonds is 10. The molecule has 12 heteroatoms. The first-order valence-corrected chi connectivity index (χ1v) is 14.1. The Morgan fingerprint density at radius 2 is 1.85 bits per heavy atom. The second-order valence-corrected chi connectivity index (χ2v) is 12.5. The van der Waals surface area contributed by atoms with Crippen LogP contribution >= 0.6 is 0 Å². The topological polar surface area (TPSA) is 107 Å². The van der Waals surface area contributed by atoms with Gasteiger partial charge in [-0.2, -0.15) is 8.78 Å². The van der Waals surface area contributed by atoms with Crippen molar-refractivity contribution in [1.29, 1.82) is 0 Å². The third-order valence-corrected chi connectivity index (χ3v) is 8.21. The van der Waals surface area contributed by atoms with E-state index in [2.05, 4.69) is 14.4 Å². The van der Waals surface area contributed by atoms with E-state index >= 15 is 0 Å². The number of benzene rings is 2. The van der Waals surface area contributed by atoms with E-state index in [1.165, 1.54) is 39.0 Å². The molecule has 0 aliphatic carbocycles. The third-order valence-electron chi connectivity index (χ3n) is 6.14. The van der Waals surface area contributed by atoms with Crippen LogP contribution in [0.5, 0.6) is 11.5 Å². The van der Waals surface area contributed by atoms with Crippen LogP contribution < -0.4 is 19.1 Å². The molecule has 1 atom stereocenters. The number of aromatic nitrogens is 1. The summed E-state index contributed by atoms with van der Waals surface area (Å²) in [4.78, 5) is 18.7. The zero-order valence-corrected chi connectivity index (χ0v) is 23.2. The van der Waals surface area contributed by atoms with Gasteiger partial charge in [0.15, 0.2) is 17.8 Å². The average molecular weight is 576 g/mol. The number of hydrogen-bond donors (Lipinski definition) is 1. The lowest BCUT2D eigenvalue weighted by Crippen LogP contribution is -2.42. The van der Waals surface area contributed by atoms with Gasteiger partial charge in [0.25, 0.3) is 5.91 Å². The molecule has 0 saturated carbocycles. The number of halogens is 2. The Bertz CT molecular complexity index is 1410. The predicted molar refractivity (Wildman–Crippen MR) is 145 cm³/mol. The highest BCUT2D eigenvalue weighted by Crippen LogP contribution is 2.38. The van der Waals surface area contributed by atoms with Crippen LogP contribution in [-0.4, -0.2) is 43.6 Å². The summed E-state index contributed by atoms with van der Waals surface area (Å²) in [6.07, 6.45) is 4.18. The lowest BCUT2D eigenvalue weighted by Gasteiger charge is -2.27. The minimum atomic E-state index is -3.89. The molecule has 2 aromatic carbocycles. The standard InChI is InChI=1S/C28H31F2N3O6S/c1-28(2,3)40(35,36)32-26(34)20-8-10-21(11-9-20)33(18-19-6-4-14-31-17-19)22-12-13-23(39-27(29)30)24(16-22)38-25-7-5-15-37-25/h4,6,8-14,16-17,25,27H,5,7,15,18H2,1-3H3,(H,32,34). The summed E-state index contributed by atoms with van der Waals surface area (Å²) in [6, 6.07) is 14.6. The average Bonchev–Trinajstić information content (AvgIpc) is 3.41. The number of pyridine rings is 1. The Morgan fingerprint density at radius 3 is 2.45 bits per heavy atom. The summed E-state index contributed by atoms with van der Waals surface area (Å²) in [7, 11) is -3.89. The number of sulfonamides is 1. The first kappa shape index (κ1) is 29.2. The molecule has 2 heterocycles. The molecule has 1 aliphatic rings. The zero-order chi connectivity index (χ0) is 28.9. The fraction of sp³-hybridized carbons (Fsp3) is 0.357. The summed E-state index contributed by atoms with van der Waals surface area (Å²) in [5.74, 6) is -0.770. The van der Waals surface area contributed by atoms with Crippen molar-refractivity contribution >= 4 is 27.3 Å². The molecule has 0 bridgehead atoms. The smallest absolute Gasteiger partial charge is 0.387 e. The molecule has 0 radical (unpaired) electrons. The molecule has 1 aliphatic heterocycles. The summed E-state index contributed by atoms with van der Waals surface area (Å²) >= 11 is 0. The Morgan fingerprint density at radius 1 is 1.12 bits per heavy atom. The summed E-state index contributed by atoms with van der Waals surface area (Å²) in [5.41, 5.74) is 2.24. The van der Waals surface area contributed by atoms with Gasteiger partial charge in [0, 0.05) is 48.4 Å². The molecule has 1 saturated heterocycles. The van der Waals surface area contributed by atoms with Crippen molar-refractivity contribution in [2.24, 2.45) is 0 Å². The first-order valence-electron chi connectivity index (χ1n) is 12.6. The number of ether oxygens (including phenoxy) is 3. The predicted octanol–water partition coefficient (Wildman–Crippen LogP) is 5.39. The number of alkyl halides is 2. The summed E-state index contributed by atoms with van der Waals surface area (Å²) in [5, 5.41) is 0. The van der Waals surface area contributed by atoms with E-state index in [9.17, 15) is 22.0 Å². The molecule has 40 heavy (non-hydrogen) atoms. The van der Waals surface area contributed by atoms with E-state index in [4.69, 9.17) is 9.47 Å². The van der Waals surface area contributed by atoms with Crippen LogP contribution in [0.4, 0.5) is 20.2 Å². The second-order valence-electron chi connectivity index (χ2n) is 10.1. The zero-order valence-electron chi connectivity index (χ0n) is 22.3. The largest absolute Gasteiger partial charge is 0.461 e. The maximum atomic E-state index is 13.1. The maximum absolute atomic E-state index is 13.1. The van der Waals surface area contributed by atoms with Gasteiger partial charge < -0.3 is 19.1 Å². The molecule has 214 valence electrons. The molecule has 0 spiro atoms. The number of carbonyl (C=O) groups is 1. The number of nitrogens with one attached hydrogen (secondary N) is 1. The van der Waals surface area contributed by atoms with Crippen molar-refractivity contribution in [3.8, 4) is 11.5 Å². The second kappa shape index (κ2) is 12.2. The molecule has 1 aromatic heterocycles. The van der Waals surface area contributed by atoms with Gasteiger partial charge in [-0.3, -0.25) is 9.78 Å². The fourth-order valence-corrected chi connectivity index (χ4v) is 4.53. The third kappa shape index (κ3) is 7.24. The van der Waals surface area contributed by atoms with Crippen molar-refractivity contribution in [3.63, 3.8) is 0 Å². The lowest BCUT2D eigenvalue weighted by atomic mass is 10.1. The van der Waals surface area contributed by atoms with Crippen LogP contribution in [0.2, 0.25) is 0 Å². The minimum absolute atomic E-state index is 0.101. The van der Waals surface area contributed by atoms with Gasteiger partial charge in [0.2, 0.25) is 10.0 Å². The van der Waals surface area contributed by atoms with Gasteiger partial charge in [0.05, 0.1) is 11.4 Å².